The van der Waals surface area contributed by atoms with E-state index in [1.54, 1.807) is 0 Å². The number of nitro groups is 1. The van der Waals surface area contributed by atoms with Gasteiger partial charge in [0, 0.05) is 24.1 Å². The van der Waals surface area contributed by atoms with Crippen LogP contribution in [0.3, 0.4) is 0 Å². The van der Waals surface area contributed by atoms with Gasteiger partial charge in [0.15, 0.2) is 6.04 Å². The summed E-state index contributed by atoms with van der Waals surface area (Å²) in [5.41, 5.74) is 0.506. The van der Waals surface area contributed by atoms with Crippen LogP contribution in [-0.4, -0.2) is 39.9 Å². The van der Waals surface area contributed by atoms with Crippen LogP contribution in [0.4, 0.5) is 10.1 Å². The molecular formula is C23H19FN4O5. The number of benzene rings is 2. The van der Waals surface area contributed by atoms with Gasteiger partial charge >= 0.3 is 5.97 Å². The predicted octanol–water partition coefficient (Wildman–Crippen LogP) is 3.88. The standard InChI is InChI=1S/C23H19FN4O5/c1-3-10-26-19(13-4-6-14(24)7-5-13)21(23(30)33-2)27-18-9-8-15(28(31)32)11-16(18)17(12-25)20(27)22(26)29/h4-9,11,19,21H,3,10H2,1-2H3/t19-,21+/m1/s1. The smallest absolute Gasteiger partial charge is 0.331 e. The molecule has 0 radical (unpaired) electrons. The molecule has 0 spiro atoms. The van der Waals surface area contributed by atoms with Crippen LogP contribution in [0.2, 0.25) is 0 Å². The fraction of sp³-hybridized carbons (Fsp3) is 0.261. The summed E-state index contributed by atoms with van der Waals surface area (Å²) in [5, 5.41) is 21.4. The lowest BCUT2D eigenvalue weighted by Crippen LogP contribution is -2.48. The first-order valence-electron chi connectivity index (χ1n) is 10.2. The zero-order chi connectivity index (χ0) is 23.9. The van der Waals surface area contributed by atoms with Crippen molar-refractivity contribution < 1.29 is 23.6 Å². The van der Waals surface area contributed by atoms with Gasteiger partial charge in [0.25, 0.3) is 11.6 Å². The average molecular weight is 450 g/mol. The van der Waals surface area contributed by atoms with Gasteiger partial charge in [0.2, 0.25) is 0 Å². The maximum absolute atomic E-state index is 13.7. The van der Waals surface area contributed by atoms with Crippen molar-refractivity contribution in [2.75, 3.05) is 13.7 Å². The van der Waals surface area contributed by atoms with Gasteiger partial charge in [-0.25, -0.2) is 9.18 Å². The normalized spacial score (nSPS) is 17.5. The van der Waals surface area contributed by atoms with Crippen molar-refractivity contribution in [2.24, 2.45) is 0 Å². The molecule has 168 valence electrons. The van der Waals surface area contributed by atoms with Crippen LogP contribution in [0, 0.1) is 27.3 Å². The molecule has 1 aliphatic heterocycles. The van der Waals surface area contributed by atoms with E-state index in [0.29, 0.717) is 17.5 Å². The Hall–Kier alpha value is -4.26. The van der Waals surface area contributed by atoms with Gasteiger partial charge in [0.1, 0.15) is 17.6 Å². The Morgan fingerprint density at radius 2 is 1.97 bits per heavy atom. The third-order valence-electron chi connectivity index (χ3n) is 5.80. The van der Waals surface area contributed by atoms with E-state index in [-0.39, 0.29) is 28.9 Å². The molecule has 2 heterocycles. The average Bonchev–Trinajstić information content (AvgIpc) is 3.14. The Kier molecular flexibility index (Phi) is 5.55. The van der Waals surface area contributed by atoms with E-state index in [0.717, 1.165) is 0 Å². The van der Waals surface area contributed by atoms with Crippen LogP contribution in [0.1, 0.15) is 47.0 Å². The maximum atomic E-state index is 13.7. The number of nitriles is 1. The summed E-state index contributed by atoms with van der Waals surface area (Å²) in [5.74, 6) is -1.63. The third kappa shape index (κ3) is 3.38. The molecule has 4 rings (SSSR count). The van der Waals surface area contributed by atoms with Crippen molar-refractivity contribution in [3.63, 3.8) is 0 Å². The SMILES string of the molecule is CCCN1C(=O)c2c(C#N)c3cc([N+](=O)[O-])ccc3n2[C@H](C(=O)OC)[C@H]1c1ccc(F)cc1. The zero-order valence-electron chi connectivity index (χ0n) is 17.8. The number of hydrogen-bond acceptors (Lipinski definition) is 6. The molecule has 0 saturated heterocycles. The van der Waals surface area contributed by atoms with Gasteiger partial charge in [0.05, 0.1) is 29.2 Å². The fourth-order valence-corrected chi connectivity index (χ4v) is 4.46. The summed E-state index contributed by atoms with van der Waals surface area (Å²) in [6.45, 7) is 2.13. The summed E-state index contributed by atoms with van der Waals surface area (Å²) in [4.78, 5) is 39.0. The van der Waals surface area contributed by atoms with E-state index >= 15 is 0 Å². The minimum atomic E-state index is -1.09. The Labute approximate surface area is 187 Å². The number of aromatic nitrogens is 1. The van der Waals surface area contributed by atoms with Crippen molar-refractivity contribution in [3.8, 4) is 6.07 Å². The van der Waals surface area contributed by atoms with E-state index in [1.165, 1.54) is 59.0 Å². The number of esters is 1. The van der Waals surface area contributed by atoms with E-state index in [4.69, 9.17) is 4.74 Å². The number of hydrogen-bond donors (Lipinski definition) is 0. The number of rotatable bonds is 5. The molecule has 0 bridgehead atoms. The molecule has 0 aliphatic carbocycles. The first-order valence-corrected chi connectivity index (χ1v) is 10.2. The minimum absolute atomic E-state index is 0.0322. The quantitative estimate of drug-likeness (QED) is 0.331. The van der Waals surface area contributed by atoms with Gasteiger partial charge in [-0.05, 0) is 30.2 Å². The number of halogens is 1. The highest BCUT2D eigenvalue weighted by molar-refractivity contribution is 6.06. The fourth-order valence-electron chi connectivity index (χ4n) is 4.46. The summed E-state index contributed by atoms with van der Waals surface area (Å²) in [7, 11) is 1.21. The Balaban J connectivity index is 2.09. The van der Waals surface area contributed by atoms with Gasteiger partial charge < -0.3 is 14.2 Å². The Morgan fingerprint density at radius 1 is 1.27 bits per heavy atom. The zero-order valence-corrected chi connectivity index (χ0v) is 17.8. The van der Waals surface area contributed by atoms with E-state index in [2.05, 4.69) is 0 Å². The maximum Gasteiger partial charge on any atom is 0.331 e. The van der Waals surface area contributed by atoms with Crippen molar-refractivity contribution >= 4 is 28.5 Å². The van der Waals surface area contributed by atoms with Crippen LogP contribution >= 0.6 is 0 Å². The van der Waals surface area contributed by atoms with E-state index in [9.17, 15) is 29.4 Å². The number of carbonyl (C=O) groups is 2. The van der Waals surface area contributed by atoms with Gasteiger partial charge in [-0.15, -0.1) is 0 Å². The van der Waals surface area contributed by atoms with Gasteiger partial charge in [-0.3, -0.25) is 14.9 Å². The number of amides is 1. The van der Waals surface area contributed by atoms with Gasteiger partial charge in [-0.1, -0.05) is 19.1 Å². The molecule has 1 amide bonds. The summed E-state index contributed by atoms with van der Waals surface area (Å²) in [6.07, 6.45) is 0.560. The molecular weight excluding hydrogens is 431 g/mol. The predicted molar refractivity (Wildman–Crippen MR) is 115 cm³/mol. The molecule has 10 heteroatoms. The molecule has 0 fully saturated rings. The molecule has 9 nitrogen and oxygen atoms in total. The van der Waals surface area contributed by atoms with Crippen molar-refractivity contribution in [2.45, 2.75) is 25.4 Å². The first-order chi connectivity index (χ1) is 15.8. The molecule has 0 N–H and O–H groups in total. The van der Waals surface area contributed by atoms with Gasteiger partial charge in [-0.2, -0.15) is 5.26 Å². The number of nitrogens with zero attached hydrogens (tertiary/aromatic N) is 4. The molecule has 33 heavy (non-hydrogen) atoms. The number of ether oxygens (including phenoxy) is 1. The van der Waals surface area contributed by atoms with Crippen LogP contribution in [0.5, 0.6) is 0 Å². The van der Waals surface area contributed by atoms with Crippen molar-refractivity contribution in [1.82, 2.24) is 9.47 Å². The monoisotopic (exact) mass is 450 g/mol. The summed E-state index contributed by atoms with van der Waals surface area (Å²) in [6, 6.07) is 9.42. The molecule has 0 saturated carbocycles. The molecule has 1 aromatic heterocycles. The minimum Gasteiger partial charge on any atom is -0.467 e. The molecule has 0 unspecified atom stereocenters. The number of non-ortho nitro benzene ring substituents is 1. The van der Waals surface area contributed by atoms with Crippen LogP contribution in [0.15, 0.2) is 42.5 Å². The number of methoxy groups -OCH3 is 1. The Bertz CT molecular complexity index is 1330. The molecule has 2 aromatic carbocycles. The van der Waals surface area contributed by atoms with Crippen LogP contribution < -0.4 is 0 Å². The van der Waals surface area contributed by atoms with Crippen LogP contribution in [0.25, 0.3) is 10.9 Å². The lowest BCUT2D eigenvalue weighted by Gasteiger charge is -2.41. The number of fused-ring (bicyclic) bond motifs is 3. The second kappa shape index (κ2) is 8.35. The number of nitro benzene ring substituents is 1. The molecule has 2 atom stereocenters. The van der Waals surface area contributed by atoms with Crippen molar-refractivity contribution in [1.29, 1.82) is 5.26 Å². The second-order valence-electron chi connectivity index (χ2n) is 7.63. The topological polar surface area (TPSA) is 118 Å². The Morgan fingerprint density at radius 3 is 2.55 bits per heavy atom. The molecule has 3 aromatic rings. The van der Waals surface area contributed by atoms with Crippen LogP contribution in [-0.2, 0) is 9.53 Å². The van der Waals surface area contributed by atoms with E-state index < -0.39 is 34.7 Å². The summed E-state index contributed by atoms with van der Waals surface area (Å²) < 4.78 is 20.1. The highest BCUT2D eigenvalue weighted by Gasteiger charge is 2.47. The lowest BCUT2D eigenvalue weighted by atomic mass is 9.93. The largest absolute Gasteiger partial charge is 0.467 e. The highest BCUT2D eigenvalue weighted by Crippen LogP contribution is 2.44. The van der Waals surface area contributed by atoms with Crippen molar-refractivity contribution in [3.05, 3.63) is 75.2 Å². The third-order valence-corrected chi connectivity index (χ3v) is 5.80. The second-order valence-corrected chi connectivity index (χ2v) is 7.63. The lowest BCUT2D eigenvalue weighted by molar-refractivity contribution is -0.384. The van der Waals surface area contributed by atoms with E-state index in [1.807, 2.05) is 13.0 Å². The first kappa shape index (κ1) is 22.0. The highest BCUT2D eigenvalue weighted by atomic mass is 19.1. The molecule has 1 aliphatic rings. The number of carbonyl (C=O) groups excluding carboxylic acids is 2. The summed E-state index contributed by atoms with van der Waals surface area (Å²) >= 11 is 0.